The van der Waals surface area contributed by atoms with Crippen molar-refractivity contribution in [3.8, 4) is 5.75 Å². The molecule has 2 aromatic rings. The number of rotatable bonds is 9. The summed E-state index contributed by atoms with van der Waals surface area (Å²) in [5, 5.41) is 6.84. The van der Waals surface area contributed by atoms with Crippen molar-refractivity contribution in [3.05, 3.63) is 64.7 Å². The van der Waals surface area contributed by atoms with Gasteiger partial charge in [-0.25, -0.2) is 4.99 Å². The number of hydrogen-bond acceptors (Lipinski definition) is 4. The lowest BCUT2D eigenvalue weighted by Gasteiger charge is -2.17. The minimum Gasteiger partial charge on any atom is -0.488 e. The zero-order chi connectivity index (χ0) is 22.1. The van der Waals surface area contributed by atoms with E-state index in [9.17, 15) is 0 Å². The van der Waals surface area contributed by atoms with E-state index in [2.05, 4.69) is 85.9 Å². The van der Waals surface area contributed by atoms with Crippen LogP contribution in [0, 0.1) is 6.92 Å². The Hall–Kier alpha value is -2.57. The first-order valence-electron chi connectivity index (χ1n) is 11.1. The summed E-state index contributed by atoms with van der Waals surface area (Å²) in [4.78, 5) is 7.01. The highest BCUT2D eigenvalue weighted by atomic mass is 16.5. The summed E-state index contributed by atoms with van der Waals surface area (Å²) >= 11 is 0. The Bertz CT molecular complexity index is 860. The Morgan fingerprint density at radius 3 is 2.65 bits per heavy atom. The van der Waals surface area contributed by atoms with Gasteiger partial charge >= 0.3 is 0 Å². The standard InChI is InChI=1S/C25H36N4O2/c1-5-26-25(27-15-20-8-6-7-9-22(20)17-29(3)4)28-16-21-11-10-19(2)14-24(21)31-23-12-13-30-18-23/h6-11,14,23H,5,12-13,15-18H2,1-4H3,(H2,26,27,28). The summed E-state index contributed by atoms with van der Waals surface area (Å²) < 4.78 is 11.7. The van der Waals surface area contributed by atoms with Crippen molar-refractivity contribution in [3.63, 3.8) is 0 Å². The number of hydrogen-bond donors (Lipinski definition) is 2. The molecule has 0 aromatic heterocycles. The molecular formula is C25H36N4O2. The Morgan fingerprint density at radius 2 is 1.94 bits per heavy atom. The van der Waals surface area contributed by atoms with Gasteiger partial charge in [0.25, 0.3) is 0 Å². The predicted octanol–water partition coefficient (Wildman–Crippen LogP) is 3.48. The van der Waals surface area contributed by atoms with Crippen LogP contribution in [-0.4, -0.2) is 50.8 Å². The van der Waals surface area contributed by atoms with Gasteiger partial charge in [-0.15, -0.1) is 0 Å². The lowest BCUT2D eigenvalue weighted by Crippen LogP contribution is -2.37. The van der Waals surface area contributed by atoms with Gasteiger partial charge in [-0.2, -0.15) is 0 Å². The van der Waals surface area contributed by atoms with Crippen LogP contribution >= 0.6 is 0 Å². The lowest BCUT2D eigenvalue weighted by molar-refractivity contribution is 0.140. The van der Waals surface area contributed by atoms with Crippen molar-refractivity contribution in [1.29, 1.82) is 0 Å². The first-order valence-corrected chi connectivity index (χ1v) is 11.1. The number of aliphatic imine (C=N–C) groups is 1. The van der Waals surface area contributed by atoms with Crippen molar-refractivity contribution in [1.82, 2.24) is 15.5 Å². The Balaban J connectivity index is 1.69. The molecule has 1 aliphatic rings. The van der Waals surface area contributed by atoms with Gasteiger partial charge in [-0.05, 0) is 50.7 Å². The van der Waals surface area contributed by atoms with Crippen LogP contribution in [0.25, 0.3) is 0 Å². The molecule has 0 saturated carbocycles. The normalized spacial score (nSPS) is 16.5. The van der Waals surface area contributed by atoms with E-state index in [-0.39, 0.29) is 6.10 Å². The van der Waals surface area contributed by atoms with Crippen molar-refractivity contribution in [2.75, 3.05) is 33.9 Å². The number of guanidine groups is 1. The molecule has 2 N–H and O–H groups in total. The molecule has 1 heterocycles. The molecule has 0 spiro atoms. The largest absolute Gasteiger partial charge is 0.488 e. The van der Waals surface area contributed by atoms with Gasteiger partial charge in [0, 0.05) is 31.6 Å². The maximum Gasteiger partial charge on any atom is 0.191 e. The van der Waals surface area contributed by atoms with Crippen LogP contribution in [0.4, 0.5) is 0 Å². The third-order valence-corrected chi connectivity index (χ3v) is 5.21. The van der Waals surface area contributed by atoms with Crippen molar-refractivity contribution in [2.45, 2.75) is 46.0 Å². The second kappa shape index (κ2) is 11.7. The SMILES string of the molecule is CCNC(=NCc1ccc(C)cc1OC1CCOC1)NCc1ccccc1CN(C)C. The van der Waals surface area contributed by atoms with E-state index in [0.29, 0.717) is 13.2 Å². The first-order chi connectivity index (χ1) is 15.0. The fourth-order valence-electron chi connectivity index (χ4n) is 3.60. The predicted molar refractivity (Wildman–Crippen MR) is 127 cm³/mol. The summed E-state index contributed by atoms with van der Waals surface area (Å²) in [6.45, 7) is 8.60. The summed E-state index contributed by atoms with van der Waals surface area (Å²) in [7, 11) is 4.18. The van der Waals surface area contributed by atoms with Gasteiger partial charge in [-0.3, -0.25) is 0 Å². The maximum atomic E-state index is 6.22. The fraction of sp³-hybridized carbons (Fsp3) is 0.480. The van der Waals surface area contributed by atoms with Crippen LogP contribution < -0.4 is 15.4 Å². The highest BCUT2D eigenvalue weighted by Gasteiger charge is 2.18. The molecule has 1 fully saturated rings. The zero-order valence-electron chi connectivity index (χ0n) is 19.3. The molecule has 6 nitrogen and oxygen atoms in total. The molecule has 1 atom stereocenters. The molecular weight excluding hydrogens is 388 g/mol. The quantitative estimate of drug-likeness (QED) is 0.477. The number of nitrogens with one attached hydrogen (secondary N) is 2. The molecule has 168 valence electrons. The molecule has 0 bridgehead atoms. The molecule has 1 aliphatic heterocycles. The Morgan fingerprint density at radius 1 is 1.13 bits per heavy atom. The first kappa shape index (κ1) is 23.1. The van der Waals surface area contributed by atoms with Crippen LogP contribution in [0.5, 0.6) is 5.75 Å². The third kappa shape index (κ3) is 7.26. The highest BCUT2D eigenvalue weighted by Crippen LogP contribution is 2.24. The average Bonchev–Trinajstić information content (AvgIpc) is 3.25. The summed E-state index contributed by atoms with van der Waals surface area (Å²) in [5.41, 5.74) is 4.87. The van der Waals surface area contributed by atoms with E-state index >= 15 is 0 Å². The third-order valence-electron chi connectivity index (χ3n) is 5.21. The van der Waals surface area contributed by atoms with Crippen molar-refractivity contribution < 1.29 is 9.47 Å². The molecule has 1 unspecified atom stereocenters. The van der Waals surface area contributed by atoms with Crippen molar-refractivity contribution >= 4 is 5.96 Å². The van der Waals surface area contributed by atoms with E-state index in [1.807, 2.05) is 0 Å². The van der Waals surface area contributed by atoms with Crippen molar-refractivity contribution in [2.24, 2.45) is 4.99 Å². The summed E-state index contributed by atoms with van der Waals surface area (Å²) in [6, 6.07) is 14.9. The van der Waals surface area contributed by atoms with Gasteiger partial charge in [0.05, 0.1) is 19.8 Å². The number of ether oxygens (including phenoxy) is 2. The van der Waals surface area contributed by atoms with Crippen LogP contribution in [0.3, 0.4) is 0 Å². The fourth-order valence-corrected chi connectivity index (χ4v) is 3.60. The molecule has 0 aliphatic carbocycles. The molecule has 0 radical (unpaired) electrons. The molecule has 0 amide bonds. The van der Waals surface area contributed by atoms with E-state index in [1.165, 1.54) is 16.7 Å². The van der Waals surface area contributed by atoms with E-state index < -0.39 is 0 Å². The molecule has 3 rings (SSSR count). The molecule has 2 aromatic carbocycles. The van der Waals surface area contributed by atoms with Gasteiger partial charge in [0.1, 0.15) is 11.9 Å². The summed E-state index contributed by atoms with van der Waals surface area (Å²) in [5.74, 6) is 1.71. The van der Waals surface area contributed by atoms with E-state index in [1.54, 1.807) is 0 Å². The van der Waals surface area contributed by atoms with Gasteiger partial charge in [0.2, 0.25) is 0 Å². The molecule has 1 saturated heterocycles. The number of nitrogens with zero attached hydrogens (tertiary/aromatic N) is 2. The van der Waals surface area contributed by atoms with E-state index in [4.69, 9.17) is 14.5 Å². The van der Waals surface area contributed by atoms with Crippen LogP contribution in [0.1, 0.15) is 35.6 Å². The topological polar surface area (TPSA) is 58.1 Å². The minimum absolute atomic E-state index is 0.129. The second-order valence-corrected chi connectivity index (χ2v) is 8.27. The number of benzene rings is 2. The van der Waals surface area contributed by atoms with Crippen LogP contribution in [-0.2, 0) is 24.4 Å². The highest BCUT2D eigenvalue weighted by molar-refractivity contribution is 5.79. The monoisotopic (exact) mass is 424 g/mol. The van der Waals surface area contributed by atoms with E-state index in [0.717, 1.165) is 49.9 Å². The van der Waals surface area contributed by atoms with Gasteiger partial charge in [-0.1, -0.05) is 36.4 Å². The van der Waals surface area contributed by atoms with Crippen LogP contribution in [0.2, 0.25) is 0 Å². The maximum absolute atomic E-state index is 6.22. The summed E-state index contributed by atoms with van der Waals surface area (Å²) in [6.07, 6.45) is 1.07. The number of aryl methyl sites for hydroxylation is 1. The zero-order valence-corrected chi connectivity index (χ0v) is 19.3. The van der Waals surface area contributed by atoms with Crippen LogP contribution in [0.15, 0.2) is 47.5 Å². The Kier molecular flexibility index (Phi) is 8.74. The Labute approximate surface area is 186 Å². The second-order valence-electron chi connectivity index (χ2n) is 8.27. The lowest BCUT2D eigenvalue weighted by atomic mass is 10.1. The smallest absolute Gasteiger partial charge is 0.191 e. The van der Waals surface area contributed by atoms with Gasteiger partial charge in [0.15, 0.2) is 5.96 Å². The average molecular weight is 425 g/mol. The van der Waals surface area contributed by atoms with Gasteiger partial charge < -0.3 is 25.0 Å². The minimum atomic E-state index is 0.129. The molecule has 31 heavy (non-hydrogen) atoms. The molecule has 6 heteroatoms.